The number of ether oxygens (including phenoxy) is 1. The minimum Gasteiger partial charge on any atom is -0.368 e. The molecular formula is C12H14BrCl2NO2S. The van der Waals surface area contributed by atoms with Crippen molar-refractivity contribution in [3.8, 4) is 0 Å². The van der Waals surface area contributed by atoms with E-state index in [-0.39, 0.29) is 17.6 Å². The van der Waals surface area contributed by atoms with Crippen LogP contribution in [-0.2, 0) is 4.74 Å². The number of alkyl halides is 1. The van der Waals surface area contributed by atoms with Gasteiger partial charge in [0.1, 0.15) is 4.34 Å². The summed E-state index contributed by atoms with van der Waals surface area (Å²) in [4.78, 5) is 14.3. The van der Waals surface area contributed by atoms with Crippen molar-refractivity contribution < 1.29 is 9.53 Å². The van der Waals surface area contributed by atoms with Crippen LogP contribution in [0.25, 0.3) is 0 Å². The van der Waals surface area contributed by atoms with Gasteiger partial charge in [-0.05, 0) is 19.9 Å². The van der Waals surface area contributed by atoms with Gasteiger partial charge in [-0.3, -0.25) is 4.79 Å². The largest absolute Gasteiger partial charge is 0.368 e. The first-order chi connectivity index (χ1) is 8.82. The van der Waals surface area contributed by atoms with E-state index in [0.29, 0.717) is 32.7 Å². The number of thiophene rings is 1. The number of morpholine rings is 1. The standard InChI is InChI=1S/C12H14BrCl2NO2S/c1-12(2)6-16(5-7(4-13)18-12)11(17)8-3-9(14)19-10(8)15/h3,7H,4-6H2,1-2H3. The number of hydrogen-bond donors (Lipinski definition) is 0. The molecule has 106 valence electrons. The van der Waals surface area contributed by atoms with Gasteiger partial charge >= 0.3 is 0 Å². The van der Waals surface area contributed by atoms with Crippen molar-refractivity contribution >= 4 is 56.4 Å². The van der Waals surface area contributed by atoms with Crippen molar-refractivity contribution in [3.63, 3.8) is 0 Å². The number of nitrogens with zero attached hydrogens (tertiary/aromatic N) is 1. The minimum atomic E-state index is -0.362. The van der Waals surface area contributed by atoms with Crippen LogP contribution >= 0.6 is 50.5 Å². The second-order valence-corrected chi connectivity index (χ2v) is 8.01. The molecule has 1 atom stereocenters. The fraction of sp³-hybridized carbons (Fsp3) is 0.583. The molecule has 1 aliphatic heterocycles. The average Bonchev–Trinajstić information content (AvgIpc) is 2.65. The normalized spacial score (nSPS) is 22.6. The molecule has 1 saturated heterocycles. The van der Waals surface area contributed by atoms with E-state index in [0.717, 1.165) is 0 Å². The Balaban J connectivity index is 2.21. The van der Waals surface area contributed by atoms with Gasteiger partial charge in [-0.25, -0.2) is 0 Å². The lowest BCUT2D eigenvalue weighted by Gasteiger charge is -2.42. The van der Waals surface area contributed by atoms with Gasteiger partial charge in [-0.1, -0.05) is 39.1 Å². The van der Waals surface area contributed by atoms with Crippen molar-refractivity contribution in [1.29, 1.82) is 0 Å². The van der Waals surface area contributed by atoms with Crippen molar-refractivity contribution in [2.75, 3.05) is 18.4 Å². The number of amides is 1. The molecule has 0 aromatic carbocycles. The van der Waals surface area contributed by atoms with Crippen LogP contribution in [0.15, 0.2) is 6.07 Å². The smallest absolute Gasteiger partial charge is 0.256 e. The van der Waals surface area contributed by atoms with Gasteiger partial charge in [-0.15, -0.1) is 11.3 Å². The van der Waals surface area contributed by atoms with E-state index in [1.165, 1.54) is 11.3 Å². The molecule has 0 N–H and O–H groups in total. The molecule has 1 aromatic rings. The average molecular weight is 387 g/mol. The molecule has 2 rings (SSSR count). The van der Waals surface area contributed by atoms with Gasteiger partial charge in [-0.2, -0.15) is 0 Å². The summed E-state index contributed by atoms with van der Waals surface area (Å²) in [6.07, 6.45) is -0.0133. The van der Waals surface area contributed by atoms with E-state index >= 15 is 0 Å². The lowest BCUT2D eigenvalue weighted by Crippen LogP contribution is -2.55. The molecule has 0 bridgehead atoms. The van der Waals surface area contributed by atoms with Crippen LogP contribution in [0.1, 0.15) is 24.2 Å². The van der Waals surface area contributed by atoms with Crippen molar-refractivity contribution in [3.05, 3.63) is 20.3 Å². The summed E-state index contributed by atoms with van der Waals surface area (Å²) in [5, 5.41) is 0.693. The third-order valence-electron chi connectivity index (χ3n) is 2.83. The molecule has 0 radical (unpaired) electrons. The first kappa shape index (κ1) is 15.6. The Hall–Kier alpha value is 0.190. The maximum atomic E-state index is 12.5. The summed E-state index contributed by atoms with van der Waals surface area (Å²) in [6, 6.07) is 1.63. The maximum Gasteiger partial charge on any atom is 0.256 e. The van der Waals surface area contributed by atoms with Gasteiger partial charge in [0.05, 0.1) is 21.6 Å². The molecule has 2 heterocycles. The van der Waals surface area contributed by atoms with E-state index in [1.54, 1.807) is 11.0 Å². The van der Waals surface area contributed by atoms with Gasteiger partial charge in [0.25, 0.3) is 5.91 Å². The van der Waals surface area contributed by atoms with E-state index < -0.39 is 0 Å². The zero-order valence-corrected chi connectivity index (χ0v) is 14.5. The van der Waals surface area contributed by atoms with E-state index in [1.807, 2.05) is 13.8 Å². The van der Waals surface area contributed by atoms with Crippen molar-refractivity contribution in [1.82, 2.24) is 4.90 Å². The molecular weight excluding hydrogens is 373 g/mol. The summed E-state index contributed by atoms with van der Waals surface area (Å²) in [7, 11) is 0. The van der Waals surface area contributed by atoms with Gasteiger partial charge in [0.15, 0.2) is 0 Å². The Bertz CT molecular complexity index is 492. The second kappa shape index (κ2) is 5.90. The fourth-order valence-corrected chi connectivity index (χ4v) is 3.97. The summed E-state index contributed by atoms with van der Waals surface area (Å²) in [5.74, 6) is -0.0875. The molecule has 0 spiro atoms. The third kappa shape index (κ3) is 3.64. The van der Waals surface area contributed by atoms with Crippen LogP contribution in [0.4, 0.5) is 0 Å². The zero-order chi connectivity index (χ0) is 14.2. The number of hydrogen-bond acceptors (Lipinski definition) is 3. The Morgan fingerprint density at radius 2 is 2.32 bits per heavy atom. The SMILES string of the molecule is CC1(C)CN(C(=O)c2cc(Cl)sc2Cl)CC(CBr)O1. The Morgan fingerprint density at radius 3 is 2.84 bits per heavy atom. The molecule has 1 amide bonds. The van der Waals surface area contributed by atoms with E-state index in [9.17, 15) is 4.79 Å². The predicted molar refractivity (Wildman–Crippen MR) is 83.0 cm³/mol. The number of carbonyl (C=O) groups is 1. The van der Waals surface area contributed by atoms with Crippen LogP contribution < -0.4 is 0 Å². The molecule has 1 fully saturated rings. The van der Waals surface area contributed by atoms with Crippen LogP contribution in [-0.4, -0.2) is 40.9 Å². The molecule has 0 aliphatic carbocycles. The quantitative estimate of drug-likeness (QED) is 0.717. The minimum absolute atomic E-state index is 0.0133. The van der Waals surface area contributed by atoms with Gasteiger partial charge < -0.3 is 9.64 Å². The fourth-order valence-electron chi connectivity index (χ4n) is 2.19. The first-order valence-electron chi connectivity index (χ1n) is 5.80. The molecule has 1 aliphatic rings. The van der Waals surface area contributed by atoms with Gasteiger partial charge in [0, 0.05) is 18.4 Å². The molecule has 0 saturated carbocycles. The van der Waals surface area contributed by atoms with E-state index in [2.05, 4.69) is 15.9 Å². The van der Waals surface area contributed by atoms with Crippen LogP contribution in [0.5, 0.6) is 0 Å². The lowest BCUT2D eigenvalue weighted by molar-refractivity contribution is -0.116. The molecule has 7 heteroatoms. The Labute approximate surface area is 134 Å². The van der Waals surface area contributed by atoms with Crippen molar-refractivity contribution in [2.45, 2.75) is 25.6 Å². The number of carbonyl (C=O) groups excluding carboxylic acids is 1. The summed E-state index contributed by atoms with van der Waals surface area (Å²) >= 11 is 16.6. The van der Waals surface area contributed by atoms with Crippen molar-refractivity contribution in [2.24, 2.45) is 0 Å². The predicted octanol–water partition coefficient (Wildman–Crippen LogP) is 4.07. The van der Waals surface area contributed by atoms with E-state index in [4.69, 9.17) is 27.9 Å². The highest BCUT2D eigenvalue weighted by Gasteiger charge is 2.36. The molecule has 1 aromatic heterocycles. The highest BCUT2D eigenvalue weighted by Crippen LogP contribution is 2.33. The lowest BCUT2D eigenvalue weighted by atomic mass is 10.0. The zero-order valence-electron chi connectivity index (χ0n) is 10.6. The molecule has 3 nitrogen and oxygen atoms in total. The molecule has 19 heavy (non-hydrogen) atoms. The highest BCUT2D eigenvalue weighted by molar-refractivity contribution is 9.09. The summed E-state index contributed by atoms with van der Waals surface area (Å²) < 4.78 is 6.84. The monoisotopic (exact) mass is 385 g/mol. The first-order valence-corrected chi connectivity index (χ1v) is 8.49. The van der Waals surface area contributed by atoms with Crippen LogP contribution in [0, 0.1) is 0 Å². The third-order valence-corrected chi connectivity index (χ3v) is 5.04. The van der Waals surface area contributed by atoms with Crippen LogP contribution in [0.2, 0.25) is 8.67 Å². The summed E-state index contributed by atoms with van der Waals surface area (Å²) in [5.41, 5.74) is 0.112. The Kier molecular flexibility index (Phi) is 4.83. The summed E-state index contributed by atoms with van der Waals surface area (Å²) in [6.45, 7) is 5.05. The number of halogens is 3. The molecule has 1 unspecified atom stereocenters. The topological polar surface area (TPSA) is 29.5 Å². The van der Waals surface area contributed by atoms with Gasteiger partial charge in [0.2, 0.25) is 0 Å². The highest BCUT2D eigenvalue weighted by atomic mass is 79.9. The Morgan fingerprint density at radius 1 is 1.63 bits per heavy atom. The van der Waals surface area contributed by atoms with Crippen LogP contribution in [0.3, 0.4) is 0 Å². The maximum absolute atomic E-state index is 12.5. The second-order valence-electron chi connectivity index (χ2n) is 5.08. The number of rotatable bonds is 2.